The highest BCUT2D eigenvalue weighted by Crippen LogP contribution is 2.08. The highest BCUT2D eigenvalue weighted by Gasteiger charge is 2.15. The zero-order valence-corrected chi connectivity index (χ0v) is 15.0. The lowest BCUT2D eigenvalue weighted by molar-refractivity contribution is 0.0398. The number of amides is 1. The van der Waals surface area contributed by atoms with Gasteiger partial charge in [-0.2, -0.15) is 0 Å². The molecule has 1 aromatic rings. The topological polar surface area (TPSA) is 70.6 Å². The number of unbranched alkanes of at least 4 members (excludes halogenated alkanes) is 1. The first-order valence-corrected chi connectivity index (χ1v) is 8.75. The Kier molecular flexibility index (Phi) is 7.39. The molecule has 2 heterocycles. The van der Waals surface area contributed by atoms with Gasteiger partial charge in [-0.3, -0.25) is 9.69 Å². The molecule has 134 valence electrons. The molecule has 2 rings (SSSR count). The first-order chi connectivity index (χ1) is 11.6. The van der Waals surface area contributed by atoms with E-state index in [1.807, 2.05) is 14.0 Å². The Balaban J connectivity index is 1.91. The van der Waals surface area contributed by atoms with Crippen molar-refractivity contribution in [3.8, 4) is 0 Å². The molecule has 0 radical (unpaired) electrons. The second-order valence-electron chi connectivity index (χ2n) is 6.18. The van der Waals surface area contributed by atoms with Gasteiger partial charge in [-0.25, -0.2) is 9.97 Å². The van der Waals surface area contributed by atoms with Crippen LogP contribution in [0.15, 0.2) is 6.07 Å². The summed E-state index contributed by atoms with van der Waals surface area (Å²) < 4.78 is 5.34. The van der Waals surface area contributed by atoms with Gasteiger partial charge in [0, 0.05) is 45.5 Å². The number of aryl methyl sites for hydroxylation is 1. The largest absolute Gasteiger partial charge is 0.379 e. The van der Waals surface area contributed by atoms with Crippen LogP contribution in [0.1, 0.15) is 35.9 Å². The van der Waals surface area contributed by atoms with Crippen LogP contribution in [-0.4, -0.2) is 78.7 Å². The summed E-state index contributed by atoms with van der Waals surface area (Å²) in [6.45, 7) is 9.93. The van der Waals surface area contributed by atoms with Gasteiger partial charge in [-0.05, 0) is 19.4 Å². The van der Waals surface area contributed by atoms with E-state index in [-0.39, 0.29) is 5.91 Å². The normalized spacial score (nSPS) is 15.3. The van der Waals surface area contributed by atoms with Crippen molar-refractivity contribution in [3.05, 3.63) is 17.5 Å². The fourth-order valence-corrected chi connectivity index (χ4v) is 2.60. The van der Waals surface area contributed by atoms with Crippen molar-refractivity contribution >= 4 is 11.9 Å². The van der Waals surface area contributed by atoms with Crippen LogP contribution in [-0.2, 0) is 4.74 Å². The van der Waals surface area contributed by atoms with Crippen molar-refractivity contribution in [2.24, 2.45) is 0 Å². The van der Waals surface area contributed by atoms with Crippen molar-refractivity contribution in [2.75, 3.05) is 58.3 Å². The lowest BCUT2D eigenvalue weighted by Gasteiger charge is -2.26. The molecule has 7 heteroatoms. The van der Waals surface area contributed by atoms with Crippen LogP contribution in [0.25, 0.3) is 0 Å². The summed E-state index contributed by atoms with van der Waals surface area (Å²) in [6, 6.07) is 1.75. The number of ether oxygens (including phenoxy) is 1. The van der Waals surface area contributed by atoms with E-state index in [9.17, 15) is 4.79 Å². The molecule has 1 aromatic heterocycles. The Labute approximate surface area is 144 Å². The second-order valence-corrected chi connectivity index (χ2v) is 6.18. The molecule has 1 amide bonds. The molecule has 1 aliphatic heterocycles. The zero-order valence-electron chi connectivity index (χ0n) is 15.0. The maximum absolute atomic E-state index is 12.5. The highest BCUT2D eigenvalue weighted by molar-refractivity contribution is 5.92. The van der Waals surface area contributed by atoms with E-state index in [0.29, 0.717) is 11.6 Å². The lowest BCUT2D eigenvalue weighted by Crippen LogP contribution is -2.39. The molecule has 1 aliphatic rings. The Hall–Kier alpha value is -1.73. The Morgan fingerprint density at radius 2 is 2.12 bits per heavy atom. The molecule has 0 unspecified atom stereocenters. The minimum absolute atomic E-state index is 0.0508. The van der Waals surface area contributed by atoms with Gasteiger partial charge in [-0.1, -0.05) is 13.3 Å². The van der Waals surface area contributed by atoms with E-state index in [2.05, 4.69) is 27.1 Å². The van der Waals surface area contributed by atoms with E-state index in [1.54, 1.807) is 11.0 Å². The third-order valence-corrected chi connectivity index (χ3v) is 4.08. The van der Waals surface area contributed by atoms with Crippen molar-refractivity contribution < 1.29 is 9.53 Å². The Morgan fingerprint density at radius 1 is 1.38 bits per heavy atom. The standard InChI is InChI=1S/C17H29N5O2/c1-4-5-7-21(3)16(23)15-13-14(2)19-17(20-15)18-6-8-22-9-11-24-12-10-22/h13H,4-12H2,1-3H3,(H,18,19,20). The predicted molar refractivity (Wildman–Crippen MR) is 94.4 cm³/mol. The first-order valence-electron chi connectivity index (χ1n) is 8.75. The number of hydrogen-bond acceptors (Lipinski definition) is 6. The highest BCUT2D eigenvalue weighted by atomic mass is 16.5. The summed E-state index contributed by atoms with van der Waals surface area (Å²) in [5.74, 6) is 0.473. The van der Waals surface area contributed by atoms with Crippen LogP contribution < -0.4 is 5.32 Å². The molecule has 1 N–H and O–H groups in total. The Bertz CT molecular complexity index is 532. The molecule has 1 saturated heterocycles. The molecule has 7 nitrogen and oxygen atoms in total. The quantitative estimate of drug-likeness (QED) is 0.774. The van der Waals surface area contributed by atoms with Gasteiger partial charge < -0.3 is 15.0 Å². The van der Waals surface area contributed by atoms with E-state index in [1.165, 1.54) is 0 Å². The zero-order chi connectivity index (χ0) is 17.4. The van der Waals surface area contributed by atoms with E-state index >= 15 is 0 Å². The molecule has 1 fully saturated rings. The molecule has 0 spiro atoms. The summed E-state index contributed by atoms with van der Waals surface area (Å²) in [7, 11) is 1.82. The molecule has 0 bridgehead atoms. The number of anilines is 1. The van der Waals surface area contributed by atoms with Gasteiger partial charge in [-0.15, -0.1) is 0 Å². The molecule has 0 aliphatic carbocycles. The maximum atomic E-state index is 12.5. The molecule has 24 heavy (non-hydrogen) atoms. The maximum Gasteiger partial charge on any atom is 0.272 e. The van der Waals surface area contributed by atoms with Crippen LogP contribution in [0.4, 0.5) is 5.95 Å². The van der Waals surface area contributed by atoms with Gasteiger partial charge in [0.25, 0.3) is 5.91 Å². The number of carbonyl (C=O) groups is 1. The van der Waals surface area contributed by atoms with E-state index < -0.39 is 0 Å². The SMILES string of the molecule is CCCCN(C)C(=O)c1cc(C)nc(NCCN2CCOCC2)n1. The molecule has 0 aromatic carbocycles. The van der Waals surface area contributed by atoms with Gasteiger partial charge in [0.15, 0.2) is 0 Å². The van der Waals surface area contributed by atoms with Gasteiger partial charge in [0.2, 0.25) is 5.95 Å². The fraction of sp³-hybridized carbons (Fsp3) is 0.706. The number of aromatic nitrogens is 2. The van der Waals surface area contributed by atoms with Crippen LogP contribution >= 0.6 is 0 Å². The average molecular weight is 335 g/mol. The third kappa shape index (κ3) is 5.72. The molecular weight excluding hydrogens is 306 g/mol. The van der Waals surface area contributed by atoms with Gasteiger partial charge in [0.1, 0.15) is 5.69 Å². The minimum atomic E-state index is -0.0508. The first kappa shape index (κ1) is 18.6. The monoisotopic (exact) mass is 335 g/mol. The third-order valence-electron chi connectivity index (χ3n) is 4.08. The number of carbonyl (C=O) groups excluding carboxylic acids is 1. The second kappa shape index (κ2) is 9.54. The average Bonchev–Trinajstić information content (AvgIpc) is 2.59. The van der Waals surface area contributed by atoms with Crippen LogP contribution in [0.3, 0.4) is 0 Å². The van der Waals surface area contributed by atoms with E-state index in [4.69, 9.17) is 4.74 Å². The van der Waals surface area contributed by atoms with Crippen molar-refractivity contribution in [1.29, 1.82) is 0 Å². The molecular formula is C17H29N5O2. The summed E-state index contributed by atoms with van der Waals surface area (Å²) in [4.78, 5) is 25.3. The number of nitrogens with one attached hydrogen (secondary N) is 1. The summed E-state index contributed by atoms with van der Waals surface area (Å²) in [5, 5.41) is 3.23. The Morgan fingerprint density at radius 3 is 2.83 bits per heavy atom. The van der Waals surface area contributed by atoms with Crippen molar-refractivity contribution in [3.63, 3.8) is 0 Å². The van der Waals surface area contributed by atoms with Crippen molar-refractivity contribution in [1.82, 2.24) is 19.8 Å². The number of morpholine rings is 1. The summed E-state index contributed by atoms with van der Waals surface area (Å²) in [6.07, 6.45) is 2.06. The van der Waals surface area contributed by atoms with Crippen LogP contribution in [0.2, 0.25) is 0 Å². The number of rotatable bonds is 8. The number of nitrogens with zero attached hydrogens (tertiary/aromatic N) is 4. The van der Waals surface area contributed by atoms with Crippen molar-refractivity contribution in [2.45, 2.75) is 26.7 Å². The van der Waals surface area contributed by atoms with Gasteiger partial charge >= 0.3 is 0 Å². The molecule has 0 saturated carbocycles. The fourth-order valence-electron chi connectivity index (χ4n) is 2.60. The summed E-state index contributed by atoms with van der Waals surface area (Å²) in [5.41, 5.74) is 1.25. The minimum Gasteiger partial charge on any atom is -0.379 e. The van der Waals surface area contributed by atoms with Gasteiger partial charge in [0.05, 0.1) is 13.2 Å². The van der Waals surface area contributed by atoms with E-state index in [0.717, 1.165) is 64.5 Å². The molecule has 0 atom stereocenters. The van der Waals surface area contributed by atoms with Crippen LogP contribution in [0, 0.1) is 6.92 Å². The lowest BCUT2D eigenvalue weighted by atomic mass is 10.2. The van der Waals surface area contributed by atoms with Crippen LogP contribution in [0.5, 0.6) is 0 Å². The smallest absolute Gasteiger partial charge is 0.272 e. The number of hydrogen-bond donors (Lipinski definition) is 1. The predicted octanol–water partition coefficient (Wildman–Crippen LogP) is 1.40. The summed E-state index contributed by atoms with van der Waals surface area (Å²) >= 11 is 0.